The van der Waals surface area contributed by atoms with Crippen LogP contribution in [0.4, 0.5) is 0 Å². The van der Waals surface area contributed by atoms with Crippen LogP contribution < -0.4 is 14.2 Å². The summed E-state index contributed by atoms with van der Waals surface area (Å²) >= 11 is 5.41. The molecule has 5 nitrogen and oxygen atoms in total. The van der Waals surface area contributed by atoms with Gasteiger partial charge >= 0.3 is 0 Å². The van der Waals surface area contributed by atoms with E-state index in [0.717, 1.165) is 39.4 Å². The van der Waals surface area contributed by atoms with Crippen LogP contribution in [0.15, 0.2) is 63.5 Å². The number of nitrogens with zero attached hydrogens (tertiary/aromatic N) is 2. The highest BCUT2D eigenvalue weighted by Crippen LogP contribution is 2.50. The lowest BCUT2D eigenvalue weighted by molar-refractivity contribution is -0.0195. The highest BCUT2D eigenvalue weighted by Gasteiger charge is 2.42. The van der Waals surface area contributed by atoms with Gasteiger partial charge < -0.3 is 14.2 Å². The Kier molecular flexibility index (Phi) is 3.67. The molecular weight excluding hydrogens is 440 g/mol. The van der Waals surface area contributed by atoms with Gasteiger partial charge in [0.05, 0.1) is 16.6 Å². The summed E-state index contributed by atoms with van der Waals surface area (Å²) in [4.78, 5) is 1.20. The van der Waals surface area contributed by atoms with Gasteiger partial charge in [0.2, 0.25) is 13.0 Å². The molecule has 3 aliphatic rings. The second kappa shape index (κ2) is 6.25. The van der Waals surface area contributed by atoms with E-state index in [1.165, 1.54) is 10.4 Å². The van der Waals surface area contributed by atoms with Gasteiger partial charge in [-0.3, -0.25) is 0 Å². The number of fused-ring (bicyclic) bond motifs is 4. The van der Waals surface area contributed by atoms with Crippen molar-refractivity contribution in [3.05, 3.63) is 74.4 Å². The fraction of sp³-hybridized carbons (Fsp3) is 0.190. The van der Waals surface area contributed by atoms with E-state index in [9.17, 15) is 0 Å². The number of benzene rings is 2. The average Bonchev–Trinajstić information content (AvgIpc) is 3.45. The molecule has 0 saturated heterocycles. The van der Waals surface area contributed by atoms with Gasteiger partial charge in [0.15, 0.2) is 11.5 Å². The van der Waals surface area contributed by atoms with Crippen molar-refractivity contribution < 1.29 is 14.2 Å². The number of hydrogen-bond acceptors (Lipinski definition) is 6. The number of hydrogen-bond donors (Lipinski definition) is 0. The number of halogens is 1. The van der Waals surface area contributed by atoms with Crippen LogP contribution in [0.1, 0.15) is 34.7 Å². The Morgan fingerprint density at radius 3 is 2.71 bits per heavy atom. The zero-order valence-corrected chi connectivity index (χ0v) is 17.1. The van der Waals surface area contributed by atoms with E-state index < -0.39 is 0 Å². The lowest BCUT2D eigenvalue weighted by atomic mass is 9.97. The van der Waals surface area contributed by atoms with Gasteiger partial charge in [-0.2, -0.15) is 5.10 Å². The van der Waals surface area contributed by atoms with E-state index in [2.05, 4.69) is 50.6 Å². The molecule has 0 bridgehead atoms. The lowest BCUT2D eigenvalue weighted by Crippen LogP contribution is -2.33. The fourth-order valence-electron chi connectivity index (χ4n) is 3.95. The average molecular weight is 455 g/mol. The third-order valence-corrected chi connectivity index (χ3v) is 6.87. The number of ether oxygens (including phenoxy) is 3. The molecule has 6 rings (SSSR count). The number of para-hydroxylation sites is 1. The third kappa shape index (κ3) is 2.46. The Morgan fingerprint density at radius 2 is 1.86 bits per heavy atom. The summed E-state index contributed by atoms with van der Waals surface area (Å²) in [5, 5.41) is 9.16. The largest absolute Gasteiger partial charge is 0.464 e. The number of rotatable bonds is 2. The van der Waals surface area contributed by atoms with Crippen molar-refractivity contribution in [3.63, 3.8) is 0 Å². The molecule has 1 aromatic heterocycles. The standard InChI is InChI=1S/C21H15BrN2O3S/c22-14-9-19-18(25-11-26-19)8-13(14)21-24-16(12-4-1-2-5-17(12)27-21)10-15(23-24)20-6-3-7-28-20/h1-9,16,21H,10-11H2/t16-,21-/m0/s1. The molecule has 0 saturated carbocycles. The van der Waals surface area contributed by atoms with Gasteiger partial charge in [-0.05, 0) is 29.6 Å². The molecule has 3 aromatic rings. The summed E-state index contributed by atoms with van der Waals surface area (Å²) in [7, 11) is 0. The van der Waals surface area contributed by atoms with E-state index in [0.29, 0.717) is 0 Å². The number of thiophene rings is 1. The number of hydrazone groups is 1. The van der Waals surface area contributed by atoms with E-state index in [-0.39, 0.29) is 19.1 Å². The highest BCUT2D eigenvalue weighted by atomic mass is 79.9. The smallest absolute Gasteiger partial charge is 0.231 e. The van der Waals surface area contributed by atoms with Crippen molar-refractivity contribution in [2.24, 2.45) is 5.10 Å². The predicted octanol–water partition coefficient (Wildman–Crippen LogP) is 5.48. The molecule has 140 valence electrons. The van der Waals surface area contributed by atoms with Crippen LogP contribution in [0.25, 0.3) is 0 Å². The molecule has 0 N–H and O–H groups in total. The molecule has 2 aromatic carbocycles. The van der Waals surface area contributed by atoms with Crippen molar-refractivity contribution in [2.75, 3.05) is 6.79 Å². The van der Waals surface area contributed by atoms with Crippen LogP contribution >= 0.6 is 27.3 Å². The summed E-state index contributed by atoms with van der Waals surface area (Å²) in [5.41, 5.74) is 3.24. The SMILES string of the molecule is Brc1cc2c(cc1[C@@H]1Oc3ccccc3[C@@H]3CC(c4cccs4)=NN31)OCO2. The summed E-state index contributed by atoms with van der Waals surface area (Å²) < 4.78 is 18.4. The minimum atomic E-state index is -0.346. The molecule has 0 spiro atoms. The predicted molar refractivity (Wildman–Crippen MR) is 110 cm³/mol. The third-order valence-electron chi connectivity index (χ3n) is 5.26. The van der Waals surface area contributed by atoms with Crippen molar-refractivity contribution >= 4 is 33.0 Å². The van der Waals surface area contributed by atoms with Crippen molar-refractivity contribution in [3.8, 4) is 17.2 Å². The molecular formula is C21H15BrN2O3S. The summed E-state index contributed by atoms with van der Waals surface area (Å²) in [6.45, 7) is 0.243. The van der Waals surface area contributed by atoms with Crippen LogP contribution in [0, 0.1) is 0 Å². The first-order valence-corrected chi connectivity index (χ1v) is 10.7. The Morgan fingerprint density at radius 1 is 1.00 bits per heavy atom. The molecule has 0 amide bonds. The van der Waals surface area contributed by atoms with E-state index in [1.807, 2.05) is 24.3 Å². The van der Waals surface area contributed by atoms with Crippen LogP contribution in [0.2, 0.25) is 0 Å². The first-order chi connectivity index (χ1) is 13.8. The van der Waals surface area contributed by atoms with Crippen LogP contribution in [-0.4, -0.2) is 17.5 Å². The summed E-state index contributed by atoms with van der Waals surface area (Å²) in [6.07, 6.45) is 0.515. The maximum Gasteiger partial charge on any atom is 0.231 e. The zero-order chi connectivity index (χ0) is 18.7. The fourth-order valence-corrected chi connectivity index (χ4v) is 5.19. The highest BCUT2D eigenvalue weighted by molar-refractivity contribution is 9.10. The maximum atomic E-state index is 6.43. The van der Waals surface area contributed by atoms with Crippen LogP contribution in [0.5, 0.6) is 17.2 Å². The van der Waals surface area contributed by atoms with Gasteiger partial charge in [-0.1, -0.05) is 40.2 Å². The van der Waals surface area contributed by atoms with E-state index in [4.69, 9.17) is 19.3 Å². The maximum absolute atomic E-state index is 6.43. The Hall–Kier alpha value is -2.51. The Bertz CT molecular complexity index is 1100. The quantitative estimate of drug-likeness (QED) is 0.513. The second-order valence-electron chi connectivity index (χ2n) is 6.86. The normalized spacial score (nSPS) is 21.8. The molecule has 0 unspecified atom stereocenters. The topological polar surface area (TPSA) is 43.3 Å². The van der Waals surface area contributed by atoms with Crippen molar-refractivity contribution in [1.82, 2.24) is 5.01 Å². The zero-order valence-electron chi connectivity index (χ0n) is 14.7. The van der Waals surface area contributed by atoms with Gasteiger partial charge in [0.1, 0.15) is 5.75 Å². The van der Waals surface area contributed by atoms with Gasteiger partial charge in [0, 0.05) is 22.0 Å². The minimum Gasteiger partial charge on any atom is -0.464 e. The molecule has 28 heavy (non-hydrogen) atoms. The molecule has 0 aliphatic carbocycles. The van der Waals surface area contributed by atoms with Crippen LogP contribution in [-0.2, 0) is 0 Å². The summed E-state index contributed by atoms with van der Waals surface area (Å²) in [6, 6.07) is 16.5. The minimum absolute atomic E-state index is 0.143. The van der Waals surface area contributed by atoms with E-state index in [1.54, 1.807) is 11.3 Å². The first kappa shape index (κ1) is 16.4. The molecule has 0 fully saturated rings. The molecule has 3 aliphatic heterocycles. The summed E-state index contributed by atoms with van der Waals surface area (Å²) in [5.74, 6) is 2.38. The van der Waals surface area contributed by atoms with Gasteiger partial charge in [-0.25, -0.2) is 5.01 Å². The molecule has 2 atom stereocenters. The van der Waals surface area contributed by atoms with E-state index >= 15 is 0 Å². The van der Waals surface area contributed by atoms with Gasteiger partial charge in [0.25, 0.3) is 0 Å². The van der Waals surface area contributed by atoms with Gasteiger partial charge in [-0.15, -0.1) is 11.3 Å². The second-order valence-corrected chi connectivity index (χ2v) is 8.66. The monoisotopic (exact) mass is 454 g/mol. The van der Waals surface area contributed by atoms with Crippen molar-refractivity contribution in [1.29, 1.82) is 0 Å². The van der Waals surface area contributed by atoms with Crippen LogP contribution in [0.3, 0.4) is 0 Å². The van der Waals surface area contributed by atoms with Crippen molar-refractivity contribution in [2.45, 2.75) is 18.7 Å². The Balaban J connectivity index is 1.48. The lowest BCUT2D eigenvalue weighted by Gasteiger charge is -2.38. The molecule has 0 radical (unpaired) electrons. The molecule has 7 heteroatoms. The molecule has 4 heterocycles. The first-order valence-electron chi connectivity index (χ1n) is 9.02. The Labute approximate surface area is 174 Å².